The Morgan fingerprint density at radius 3 is 2.60 bits per heavy atom. The highest BCUT2D eigenvalue weighted by Crippen LogP contribution is 2.22. The lowest BCUT2D eigenvalue weighted by Gasteiger charge is -2.22. The summed E-state index contributed by atoms with van der Waals surface area (Å²) in [4.78, 5) is 17.0. The maximum absolute atomic E-state index is 12.8. The summed E-state index contributed by atoms with van der Waals surface area (Å²) in [6.07, 6.45) is 1.36. The van der Waals surface area contributed by atoms with Crippen molar-refractivity contribution in [3.8, 4) is 17.0 Å². The van der Waals surface area contributed by atoms with E-state index in [0.29, 0.717) is 19.6 Å². The van der Waals surface area contributed by atoms with Gasteiger partial charge in [-0.3, -0.25) is 9.89 Å². The van der Waals surface area contributed by atoms with Crippen molar-refractivity contribution >= 4 is 11.7 Å². The quantitative estimate of drug-likeness (QED) is 0.680. The number of carbonyl (C=O) groups is 1. The van der Waals surface area contributed by atoms with Gasteiger partial charge < -0.3 is 14.5 Å². The second-order valence-corrected chi connectivity index (χ2v) is 7.48. The standard InChI is InChI=1S/C24H28N4O2/c1-2-30-21-11-9-19(10-12-21)17-24(29)28-14-6-13-27(15-16-28)23-18-22(25-26-23)20-7-4-3-5-8-20/h3-5,7-12,18H,2,6,13-17H2,1H3,(H,25,26). The lowest BCUT2D eigenvalue weighted by Crippen LogP contribution is -2.36. The lowest BCUT2D eigenvalue weighted by atomic mass is 10.1. The Bertz CT molecular complexity index is 953. The Balaban J connectivity index is 1.34. The third kappa shape index (κ3) is 4.82. The average molecular weight is 405 g/mol. The summed E-state index contributed by atoms with van der Waals surface area (Å²) >= 11 is 0. The summed E-state index contributed by atoms with van der Waals surface area (Å²) in [6.45, 7) is 5.78. The third-order valence-corrected chi connectivity index (χ3v) is 5.41. The van der Waals surface area contributed by atoms with Crippen LogP contribution in [0, 0.1) is 0 Å². The second kappa shape index (κ2) is 9.48. The molecule has 0 radical (unpaired) electrons. The van der Waals surface area contributed by atoms with Gasteiger partial charge >= 0.3 is 0 Å². The van der Waals surface area contributed by atoms with Crippen LogP contribution in [0.15, 0.2) is 60.7 Å². The molecule has 1 amide bonds. The fourth-order valence-corrected chi connectivity index (χ4v) is 3.79. The minimum Gasteiger partial charge on any atom is -0.494 e. The molecule has 0 aliphatic carbocycles. The van der Waals surface area contributed by atoms with Gasteiger partial charge in [0.25, 0.3) is 0 Å². The number of nitrogens with zero attached hydrogens (tertiary/aromatic N) is 3. The molecule has 1 aliphatic rings. The number of amides is 1. The highest BCUT2D eigenvalue weighted by Gasteiger charge is 2.21. The normalized spacial score (nSPS) is 14.4. The summed E-state index contributed by atoms with van der Waals surface area (Å²) < 4.78 is 5.47. The van der Waals surface area contributed by atoms with E-state index in [1.165, 1.54) is 0 Å². The largest absolute Gasteiger partial charge is 0.494 e. The number of rotatable bonds is 6. The van der Waals surface area contributed by atoms with Gasteiger partial charge in [-0.25, -0.2) is 0 Å². The summed E-state index contributed by atoms with van der Waals surface area (Å²) in [5, 5.41) is 7.64. The van der Waals surface area contributed by atoms with Crippen LogP contribution in [0.4, 0.5) is 5.82 Å². The number of nitrogens with one attached hydrogen (secondary N) is 1. The monoisotopic (exact) mass is 404 g/mol. The number of hydrogen-bond donors (Lipinski definition) is 1. The summed E-state index contributed by atoms with van der Waals surface area (Å²) in [6, 6.07) is 20.1. The molecule has 1 fully saturated rings. The molecule has 156 valence electrons. The molecule has 6 heteroatoms. The number of H-pyrrole nitrogens is 1. The van der Waals surface area contributed by atoms with E-state index >= 15 is 0 Å². The van der Waals surface area contributed by atoms with Crippen molar-refractivity contribution in [1.29, 1.82) is 0 Å². The van der Waals surface area contributed by atoms with Crippen molar-refractivity contribution in [2.24, 2.45) is 0 Å². The summed E-state index contributed by atoms with van der Waals surface area (Å²) in [7, 11) is 0. The molecule has 1 N–H and O–H groups in total. The van der Waals surface area contributed by atoms with Crippen molar-refractivity contribution in [2.75, 3.05) is 37.7 Å². The van der Waals surface area contributed by atoms with Crippen molar-refractivity contribution in [3.63, 3.8) is 0 Å². The second-order valence-electron chi connectivity index (χ2n) is 7.48. The van der Waals surface area contributed by atoms with Gasteiger partial charge in [0.1, 0.15) is 5.75 Å². The zero-order valence-electron chi connectivity index (χ0n) is 17.4. The molecule has 4 rings (SSSR count). The van der Waals surface area contributed by atoms with Gasteiger partial charge in [-0.05, 0) is 36.6 Å². The third-order valence-electron chi connectivity index (χ3n) is 5.41. The topological polar surface area (TPSA) is 61.5 Å². The average Bonchev–Trinajstić information content (AvgIpc) is 3.14. The van der Waals surface area contributed by atoms with Crippen LogP contribution in [-0.2, 0) is 11.2 Å². The van der Waals surface area contributed by atoms with Crippen LogP contribution in [0.25, 0.3) is 11.3 Å². The molecule has 0 bridgehead atoms. The summed E-state index contributed by atoms with van der Waals surface area (Å²) in [5.74, 6) is 1.95. The molecule has 2 heterocycles. The highest BCUT2D eigenvalue weighted by molar-refractivity contribution is 5.79. The zero-order valence-corrected chi connectivity index (χ0v) is 17.4. The van der Waals surface area contributed by atoms with Gasteiger partial charge in [-0.15, -0.1) is 0 Å². The van der Waals surface area contributed by atoms with Crippen LogP contribution < -0.4 is 9.64 Å². The van der Waals surface area contributed by atoms with Gasteiger partial charge in [-0.1, -0.05) is 42.5 Å². The molecule has 0 spiro atoms. The minimum absolute atomic E-state index is 0.174. The molecule has 1 aromatic heterocycles. The lowest BCUT2D eigenvalue weighted by molar-refractivity contribution is -0.130. The van der Waals surface area contributed by atoms with E-state index in [4.69, 9.17) is 4.74 Å². The first kappa shape index (κ1) is 20.0. The van der Waals surface area contributed by atoms with Crippen molar-refractivity contribution < 1.29 is 9.53 Å². The first-order valence-electron chi connectivity index (χ1n) is 10.6. The Labute approximate surface area is 177 Å². The molecule has 2 aromatic carbocycles. The highest BCUT2D eigenvalue weighted by atomic mass is 16.5. The summed E-state index contributed by atoms with van der Waals surface area (Å²) in [5.41, 5.74) is 3.15. The van der Waals surface area contributed by atoms with Gasteiger partial charge in [0, 0.05) is 32.2 Å². The van der Waals surface area contributed by atoms with E-state index in [2.05, 4.69) is 33.3 Å². The number of benzene rings is 2. The molecular weight excluding hydrogens is 376 g/mol. The van der Waals surface area contributed by atoms with Crippen LogP contribution >= 0.6 is 0 Å². The van der Waals surface area contributed by atoms with Crippen LogP contribution in [-0.4, -0.2) is 53.8 Å². The molecule has 6 nitrogen and oxygen atoms in total. The fourth-order valence-electron chi connectivity index (χ4n) is 3.79. The Morgan fingerprint density at radius 1 is 1.03 bits per heavy atom. The molecule has 0 saturated carbocycles. The van der Waals surface area contributed by atoms with Crippen LogP contribution in [0.2, 0.25) is 0 Å². The maximum atomic E-state index is 12.8. The van der Waals surface area contributed by atoms with Gasteiger partial charge in [0.2, 0.25) is 5.91 Å². The molecule has 3 aromatic rings. The fraction of sp³-hybridized carbons (Fsp3) is 0.333. The molecule has 1 aliphatic heterocycles. The minimum atomic E-state index is 0.174. The Morgan fingerprint density at radius 2 is 1.83 bits per heavy atom. The number of aromatic nitrogens is 2. The maximum Gasteiger partial charge on any atom is 0.227 e. The van der Waals surface area contributed by atoms with Crippen molar-refractivity contribution in [3.05, 3.63) is 66.2 Å². The van der Waals surface area contributed by atoms with Gasteiger partial charge in [0.15, 0.2) is 5.82 Å². The van der Waals surface area contributed by atoms with Crippen molar-refractivity contribution in [1.82, 2.24) is 15.1 Å². The molecule has 0 atom stereocenters. The van der Waals surface area contributed by atoms with E-state index < -0.39 is 0 Å². The van der Waals surface area contributed by atoms with E-state index in [0.717, 1.165) is 54.4 Å². The van der Waals surface area contributed by atoms with Crippen molar-refractivity contribution in [2.45, 2.75) is 19.8 Å². The molecule has 30 heavy (non-hydrogen) atoms. The van der Waals surface area contributed by atoms with Crippen LogP contribution in [0.1, 0.15) is 18.9 Å². The Hall–Kier alpha value is -3.28. The predicted octanol–water partition coefficient (Wildman–Crippen LogP) is 3.76. The molecular formula is C24H28N4O2. The number of carbonyl (C=O) groups excluding carboxylic acids is 1. The number of aromatic amines is 1. The molecule has 1 saturated heterocycles. The van der Waals surface area contributed by atoms with Gasteiger partial charge in [0.05, 0.1) is 18.7 Å². The number of ether oxygens (including phenoxy) is 1. The Kier molecular flexibility index (Phi) is 6.32. The number of anilines is 1. The zero-order chi connectivity index (χ0) is 20.8. The predicted molar refractivity (Wildman–Crippen MR) is 119 cm³/mol. The van der Waals surface area contributed by atoms with E-state index in [1.807, 2.05) is 54.3 Å². The van der Waals surface area contributed by atoms with Crippen LogP contribution in [0.5, 0.6) is 5.75 Å². The number of hydrogen-bond acceptors (Lipinski definition) is 4. The SMILES string of the molecule is CCOc1ccc(CC(=O)N2CCCN(c3cc(-c4ccccc4)[nH]n3)CC2)cc1. The van der Waals surface area contributed by atoms with E-state index in [1.54, 1.807) is 0 Å². The first-order chi connectivity index (χ1) is 14.7. The first-order valence-corrected chi connectivity index (χ1v) is 10.6. The van der Waals surface area contributed by atoms with E-state index in [9.17, 15) is 4.79 Å². The van der Waals surface area contributed by atoms with E-state index in [-0.39, 0.29) is 5.91 Å². The van der Waals surface area contributed by atoms with Gasteiger partial charge in [-0.2, -0.15) is 5.10 Å². The van der Waals surface area contributed by atoms with Crippen LogP contribution in [0.3, 0.4) is 0 Å². The smallest absolute Gasteiger partial charge is 0.227 e. The molecule has 0 unspecified atom stereocenters.